The molecule has 5 nitrogen and oxygen atoms in total. The van der Waals surface area contributed by atoms with E-state index in [0.717, 1.165) is 0 Å². The topological polar surface area (TPSA) is 83.3 Å². The van der Waals surface area contributed by atoms with E-state index >= 15 is 0 Å². The number of H-pyrrole nitrogens is 1. The molecule has 0 aliphatic carbocycles. The summed E-state index contributed by atoms with van der Waals surface area (Å²) in [6.45, 7) is 0. The molecule has 2 aromatic rings. The first-order valence-corrected chi connectivity index (χ1v) is 3.99. The summed E-state index contributed by atoms with van der Waals surface area (Å²) in [5, 5.41) is 11.3. The smallest absolute Gasteiger partial charge is 0.365 e. The minimum absolute atomic E-state index is 0.181. The number of carbonyl (C=O) groups is 1. The van der Waals surface area contributed by atoms with Crippen LogP contribution in [-0.4, -0.2) is 16.2 Å². The Morgan fingerprint density at radius 3 is 3.00 bits per heavy atom. The number of carboxylic acid groups (broad SMARTS) is 1. The van der Waals surface area contributed by atoms with Crippen LogP contribution in [0.15, 0.2) is 27.5 Å². The molecule has 5 heteroatoms. The van der Waals surface area contributed by atoms with Crippen molar-refractivity contribution in [2.24, 2.45) is 0 Å². The Labute approximate surface area is 77.9 Å². The molecule has 0 fully saturated rings. The Kier molecular flexibility index (Phi) is 1.85. The number of fused-ring (bicyclic) bond motifs is 1. The third-order valence-electron chi connectivity index (χ3n) is 1.95. The Balaban J connectivity index is 2.69. The summed E-state index contributed by atoms with van der Waals surface area (Å²) in [6, 6.07) is 4.93. The molecule has 72 valence electrons. The van der Waals surface area contributed by atoms with E-state index in [-0.39, 0.29) is 6.42 Å². The van der Waals surface area contributed by atoms with Gasteiger partial charge in [0.05, 0.1) is 17.3 Å². The maximum absolute atomic E-state index is 11.2. The number of aliphatic carboxylic acids is 1. The first-order valence-electron chi connectivity index (χ1n) is 3.99. The average molecular weight is 193 g/mol. The van der Waals surface area contributed by atoms with Gasteiger partial charge < -0.3 is 9.63 Å². The van der Waals surface area contributed by atoms with Crippen molar-refractivity contribution < 1.29 is 14.4 Å². The van der Waals surface area contributed by atoms with E-state index in [1.807, 2.05) is 0 Å². The van der Waals surface area contributed by atoms with Gasteiger partial charge in [-0.2, -0.15) is 0 Å². The maximum Gasteiger partial charge on any atom is 0.365 e. The number of rotatable bonds is 2. The minimum Gasteiger partial charge on any atom is -0.481 e. The molecule has 1 heterocycles. The van der Waals surface area contributed by atoms with Gasteiger partial charge in [-0.3, -0.25) is 4.79 Å². The molecular formula is C9H7NO4. The van der Waals surface area contributed by atoms with E-state index in [4.69, 9.17) is 5.11 Å². The molecule has 0 aliphatic heterocycles. The predicted molar refractivity (Wildman–Crippen MR) is 48.2 cm³/mol. The molecule has 0 spiro atoms. The zero-order valence-corrected chi connectivity index (χ0v) is 7.11. The van der Waals surface area contributed by atoms with Gasteiger partial charge in [0, 0.05) is 0 Å². The van der Waals surface area contributed by atoms with Crippen LogP contribution in [0.4, 0.5) is 0 Å². The van der Waals surface area contributed by atoms with Crippen molar-refractivity contribution in [1.82, 2.24) is 5.16 Å². The highest BCUT2D eigenvalue weighted by Gasteiger charge is 2.10. The lowest BCUT2D eigenvalue weighted by Gasteiger charge is -1.95. The fraction of sp³-hybridized carbons (Fsp3) is 0.111. The van der Waals surface area contributed by atoms with Crippen molar-refractivity contribution >= 4 is 16.9 Å². The molecule has 1 aromatic carbocycles. The lowest BCUT2D eigenvalue weighted by Crippen LogP contribution is -2.03. The van der Waals surface area contributed by atoms with Crippen LogP contribution in [-0.2, 0) is 11.2 Å². The highest BCUT2D eigenvalue weighted by atomic mass is 16.5. The molecule has 0 atom stereocenters. The van der Waals surface area contributed by atoms with Crippen LogP contribution in [0.5, 0.6) is 0 Å². The molecule has 0 saturated heterocycles. The third-order valence-corrected chi connectivity index (χ3v) is 1.95. The molecule has 2 N–H and O–H groups in total. The van der Waals surface area contributed by atoms with Crippen molar-refractivity contribution in [1.29, 1.82) is 0 Å². The van der Waals surface area contributed by atoms with Crippen LogP contribution in [0.1, 0.15) is 5.56 Å². The Morgan fingerprint density at radius 2 is 2.29 bits per heavy atom. The van der Waals surface area contributed by atoms with E-state index in [1.54, 1.807) is 18.2 Å². The van der Waals surface area contributed by atoms with E-state index < -0.39 is 11.6 Å². The summed E-state index contributed by atoms with van der Waals surface area (Å²) in [7, 11) is 0. The molecule has 2 rings (SSSR count). The number of hydrogen-bond donors (Lipinski definition) is 2. The van der Waals surface area contributed by atoms with E-state index in [1.165, 1.54) is 0 Å². The fourth-order valence-electron chi connectivity index (χ4n) is 1.39. The van der Waals surface area contributed by atoms with Crippen LogP contribution in [0.3, 0.4) is 0 Å². The number of aromatic nitrogens is 1. The van der Waals surface area contributed by atoms with Crippen LogP contribution in [0, 0.1) is 0 Å². The van der Waals surface area contributed by atoms with Crippen LogP contribution in [0.2, 0.25) is 0 Å². The molecule has 14 heavy (non-hydrogen) atoms. The first kappa shape index (κ1) is 8.55. The number of carboxylic acids is 1. The van der Waals surface area contributed by atoms with E-state index in [9.17, 15) is 9.59 Å². The summed E-state index contributed by atoms with van der Waals surface area (Å²) in [5.74, 6) is -0.974. The van der Waals surface area contributed by atoms with Crippen molar-refractivity contribution in [2.75, 3.05) is 0 Å². The largest absolute Gasteiger partial charge is 0.481 e. The first-order chi connectivity index (χ1) is 6.68. The third kappa shape index (κ3) is 1.28. The van der Waals surface area contributed by atoms with E-state index in [0.29, 0.717) is 16.5 Å². The minimum atomic E-state index is -0.974. The highest BCUT2D eigenvalue weighted by Crippen LogP contribution is 2.13. The van der Waals surface area contributed by atoms with Crippen molar-refractivity contribution in [3.8, 4) is 0 Å². The normalized spacial score (nSPS) is 10.6. The Bertz CT molecular complexity index is 537. The lowest BCUT2D eigenvalue weighted by molar-refractivity contribution is -0.136. The maximum atomic E-state index is 11.2. The quantitative estimate of drug-likeness (QED) is 0.737. The molecule has 0 aliphatic rings. The Hall–Kier alpha value is -2.04. The van der Waals surface area contributed by atoms with Gasteiger partial charge in [0.15, 0.2) is 0 Å². The van der Waals surface area contributed by atoms with Crippen LogP contribution in [0.25, 0.3) is 10.9 Å². The lowest BCUT2D eigenvalue weighted by atomic mass is 10.1. The summed E-state index contributed by atoms with van der Waals surface area (Å²) in [4.78, 5) is 21.7. The van der Waals surface area contributed by atoms with Crippen molar-refractivity contribution in [3.63, 3.8) is 0 Å². The van der Waals surface area contributed by atoms with Gasteiger partial charge in [-0.25, -0.2) is 9.95 Å². The molecule has 1 aromatic heterocycles. The van der Waals surface area contributed by atoms with Gasteiger partial charge in [0.1, 0.15) is 0 Å². The van der Waals surface area contributed by atoms with Crippen LogP contribution < -0.4 is 5.63 Å². The number of hydrogen-bond acceptors (Lipinski definition) is 3. The molecular weight excluding hydrogens is 186 g/mol. The summed E-state index contributed by atoms with van der Waals surface area (Å²) >= 11 is 0. The van der Waals surface area contributed by atoms with Gasteiger partial charge in [0.2, 0.25) is 0 Å². The number of nitrogens with one attached hydrogen (secondary N) is 1. The molecule has 0 saturated carbocycles. The fourth-order valence-corrected chi connectivity index (χ4v) is 1.39. The monoisotopic (exact) mass is 193 g/mol. The second kappa shape index (κ2) is 3.02. The van der Waals surface area contributed by atoms with E-state index in [2.05, 4.69) is 9.68 Å². The van der Waals surface area contributed by atoms with Gasteiger partial charge in [-0.05, 0) is 11.6 Å². The zero-order chi connectivity index (χ0) is 10.1. The predicted octanol–water partition coefficient (Wildman–Crippen LogP) is 0.748. The van der Waals surface area contributed by atoms with Crippen molar-refractivity contribution in [2.45, 2.75) is 6.42 Å². The van der Waals surface area contributed by atoms with Crippen molar-refractivity contribution in [3.05, 3.63) is 34.2 Å². The second-order valence-electron chi connectivity index (χ2n) is 2.90. The SMILES string of the molecule is O=C(O)Cc1cccc2[nH]oc(=O)c12. The number of aromatic amines is 1. The molecule has 0 unspecified atom stereocenters. The standard InChI is InChI=1S/C9H7NO4/c11-7(12)4-5-2-1-3-6-8(5)9(13)14-10-6/h1-3,10H,4H2,(H,11,12). The number of benzene rings is 1. The van der Waals surface area contributed by atoms with Gasteiger partial charge in [-0.1, -0.05) is 12.1 Å². The summed E-state index contributed by atoms with van der Waals surface area (Å²) in [5.41, 5.74) is 0.454. The second-order valence-corrected chi connectivity index (χ2v) is 2.90. The van der Waals surface area contributed by atoms with Crippen LogP contribution >= 0.6 is 0 Å². The summed E-state index contributed by atoms with van der Waals surface area (Å²) < 4.78 is 4.56. The van der Waals surface area contributed by atoms with Gasteiger partial charge in [-0.15, -0.1) is 0 Å². The Morgan fingerprint density at radius 1 is 1.50 bits per heavy atom. The van der Waals surface area contributed by atoms with Gasteiger partial charge >= 0.3 is 11.6 Å². The highest BCUT2D eigenvalue weighted by molar-refractivity contribution is 5.84. The summed E-state index contributed by atoms with van der Waals surface area (Å²) in [6.07, 6.45) is -0.181. The molecule has 0 amide bonds. The average Bonchev–Trinajstić information content (AvgIpc) is 2.48. The van der Waals surface area contributed by atoms with Gasteiger partial charge in [0.25, 0.3) is 0 Å². The molecule has 0 radical (unpaired) electrons. The molecule has 0 bridgehead atoms. The zero-order valence-electron chi connectivity index (χ0n) is 7.11.